The third-order valence-electron chi connectivity index (χ3n) is 2.70. The van der Waals surface area contributed by atoms with Crippen LogP contribution in [0.3, 0.4) is 0 Å². The standard InChI is InChI=1S/C13H14F2N2/c1-8-5-9(3-2-4-16)11-6-10(14)7-12(15)13(11)17-8/h5-7H,2-4,16H2,1H3. The second kappa shape index (κ2) is 4.75. The molecular formula is C13H14F2N2. The first kappa shape index (κ1) is 11.9. The quantitative estimate of drug-likeness (QED) is 0.889. The third kappa shape index (κ3) is 2.42. The highest BCUT2D eigenvalue weighted by atomic mass is 19.1. The number of hydrogen-bond donors (Lipinski definition) is 1. The first-order valence-corrected chi connectivity index (χ1v) is 5.57. The van der Waals surface area contributed by atoms with E-state index in [1.807, 2.05) is 6.07 Å². The summed E-state index contributed by atoms with van der Waals surface area (Å²) in [7, 11) is 0. The van der Waals surface area contributed by atoms with Gasteiger partial charge in [-0.3, -0.25) is 4.98 Å². The number of aryl methyl sites for hydroxylation is 2. The topological polar surface area (TPSA) is 38.9 Å². The van der Waals surface area contributed by atoms with Crippen molar-refractivity contribution in [1.82, 2.24) is 4.98 Å². The molecule has 17 heavy (non-hydrogen) atoms. The van der Waals surface area contributed by atoms with Crippen molar-refractivity contribution in [3.8, 4) is 0 Å². The van der Waals surface area contributed by atoms with Crippen molar-refractivity contribution in [1.29, 1.82) is 0 Å². The molecule has 0 saturated heterocycles. The van der Waals surface area contributed by atoms with Gasteiger partial charge in [0.05, 0.1) is 0 Å². The molecule has 0 saturated carbocycles. The maximum Gasteiger partial charge on any atom is 0.152 e. The van der Waals surface area contributed by atoms with E-state index >= 15 is 0 Å². The van der Waals surface area contributed by atoms with Gasteiger partial charge in [-0.15, -0.1) is 0 Å². The Labute approximate surface area is 98.5 Å². The maximum absolute atomic E-state index is 13.6. The van der Waals surface area contributed by atoms with Gasteiger partial charge in [0, 0.05) is 17.1 Å². The summed E-state index contributed by atoms with van der Waals surface area (Å²) in [5, 5.41) is 0.543. The molecule has 2 nitrogen and oxygen atoms in total. The first-order valence-electron chi connectivity index (χ1n) is 5.57. The lowest BCUT2D eigenvalue weighted by molar-refractivity contribution is 0.590. The Morgan fingerprint density at radius 2 is 2.00 bits per heavy atom. The van der Waals surface area contributed by atoms with Crippen LogP contribution in [0.25, 0.3) is 10.9 Å². The monoisotopic (exact) mass is 236 g/mol. The van der Waals surface area contributed by atoms with Crippen LogP contribution in [0.1, 0.15) is 17.7 Å². The summed E-state index contributed by atoms with van der Waals surface area (Å²) in [4.78, 5) is 4.11. The molecule has 1 aromatic heterocycles. The zero-order chi connectivity index (χ0) is 12.4. The smallest absolute Gasteiger partial charge is 0.152 e. The Morgan fingerprint density at radius 3 is 2.71 bits per heavy atom. The molecule has 0 aliphatic heterocycles. The molecule has 2 rings (SSSR count). The molecule has 0 atom stereocenters. The molecule has 0 aliphatic carbocycles. The molecule has 0 bridgehead atoms. The lowest BCUT2D eigenvalue weighted by atomic mass is 10.0. The van der Waals surface area contributed by atoms with Crippen LogP contribution in [0.5, 0.6) is 0 Å². The second-order valence-corrected chi connectivity index (χ2v) is 4.10. The molecule has 0 unspecified atom stereocenters. The summed E-state index contributed by atoms with van der Waals surface area (Å²) in [6.07, 6.45) is 1.50. The van der Waals surface area contributed by atoms with E-state index in [-0.39, 0.29) is 5.52 Å². The Hall–Kier alpha value is -1.55. The van der Waals surface area contributed by atoms with E-state index in [0.717, 1.165) is 23.7 Å². The van der Waals surface area contributed by atoms with Crippen molar-refractivity contribution in [2.45, 2.75) is 19.8 Å². The molecule has 90 valence electrons. The molecule has 4 heteroatoms. The van der Waals surface area contributed by atoms with Gasteiger partial charge in [-0.2, -0.15) is 0 Å². The molecular weight excluding hydrogens is 222 g/mol. The van der Waals surface area contributed by atoms with Crippen molar-refractivity contribution < 1.29 is 8.78 Å². The minimum absolute atomic E-state index is 0.235. The van der Waals surface area contributed by atoms with Gasteiger partial charge in [0.1, 0.15) is 11.3 Å². The first-order chi connectivity index (χ1) is 8.11. The highest BCUT2D eigenvalue weighted by Crippen LogP contribution is 2.23. The van der Waals surface area contributed by atoms with Gasteiger partial charge in [-0.25, -0.2) is 8.78 Å². The van der Waals surface area contributed by atoms with Gasteiger partial charge in [0.2, 0.25) is 0 Å². The van der Waals surface area contributed by atoms with E-state index in [9.17, 15) is 8.78 Å². The van der Waals surface area contributed by atoms with Gasteiger partial charge in [-0.05, 0) is 44.0 Å². The highest BCUT2D eigenvalue weighted by Gasteiger charge is 2.10. The Morgan fingerprint density at radius 1 is 1.24 bits per heavy atom. The van der Waals surface area contributed by atoms with E-state index in [2.05, 4.69) is 4.98 Å². The Bertz CT molecular complexity index is 553. The Kier molecular flexibility index (Phi) is 3.33. The van der Waals surface area contributed by atoms with Crippen LogP contribution in [0.4, 0.5) is 8.78 Å². The van der Waals surface area contributed by atoms with Gasteiger partial charge >= 0.3 is 0 Å². The molecule has 2 N–H and O–H groups in total. The van der Waals surface area contributed by atoms with Gasteiger partial charge in [0.25, 0.3) is 0 Å². The average molecular weight is 236 g/mol. The van der Waals surface area contributed by atoms with E-state index in [4.69, 9.17) is 5.73 Å². The minimum atomic E-state index is -0.613. The predicted molar refractivity (Wildman–Crippen MR) is 63.8 cm³/mol. The number of halogens is 2. The number of nitrogens with zero attached hydrogens (tertiary/aromatic N) is 1. The van der Waals surface area contributed by atoms with E-state index in [1.54, 1.807) is 6.92 Å². The number of aromatic nitrogens is 1. The summed E-state index contributed by atoms with van der Waals surface area (Å²) in [6.45, 7) is 2.36. The predicted octanol–water partition coefficient (Wildman–Crippen LogP) is 2.71. The molecule has 0 radical (unpaired) electrons. The zero-order valence-electron chi connectivity index (χ0n) is 9.63. The largest absolute Gasteiger partial charge is 0.330 e. The Balaban J connectivity index is 2.64. The lowest BCUT2D eigenvalue weighted by Gasteiger charge is -2.08. The van der Waals surface area contributed by atoms with Crippen molar-refractivity contribution >= 4 is 10.9 Å². The van der Waals surface area contributed by atoms with E-state index < -0.39 is 11.6 Å². The van der Waals surface area contributed by atoms with Crippen molar-refractivity contribution in [3.63, 3.8) is 0 Å². The molecule has 0 aliphatic rings. The zero-order valence-corrected chi connectivity index (χ0v) is 9.63. The number of pyridine rings is 1. The number of benzene rings is 1. The van der Waals surface area contributed by atoms with Crippen LogP contribution in [0, 0.1) is 18.6 Å². The molecule has 1 aromatic carbocycles. The van der Waals surface area contributed by atoms with Crippen LogP contribution in [-0.4, -0.2) is 11.5 Å². The number of nitrogens with two attached hydrogens (primary N) is 1. The summed E-state index contributed by atoms with van der Waals surface area (Å²) >= 11 is 0. The van der Waals surface area contributed by atoms with Gasteiger partial charge in [-0.1, -0.05) is 0 Å². The number of rotatable bonds is 3. The lowest BCUT2D eigenvalue weighted by Crippen LogP contribution is -2.02. The van der Waals surface area contributed by atoms with Crippen LogP contribution >= 0.6 is 0 Å². The fourth-order valence-electron chi connectivity index (χ4n) is 1.96. The van der Waals surface area contributed by atoms with Gasteiger partial charge < -0.3 is 5.73 Å². The van der Waals surface area contributed by atoms with E-state index in [1.165, 1.54) is 6.07 Å². The number of fused-ring (bicyclic) bond motifs is 1. The van der Waals surface area contributed by atoms with Crippen molar-refractivity contribution in [2.24, 2.45) is 5.73 Å². The maximum atomic E-state index is 13.6. The second-order valence-electron chi connectivity index (χ2n) is 4.10. The summed E-state index contributed by atoms with van der Waals surface area (Å²) < 4.78 is 26.8. The van der Waals surface area contributed by atoms with Crippen molar-refractivity contribution in [3.05, 3.63) is 41.1 Å². The molecule has 0 spiro atoms. The molecule has 0 fully saturated rings. The van der Waals surface area contributed by atoms with Crippen LogP contribution < -0.4 is 5.73 Å². The van der Waals surface area contributed by atoms with Crippen LogP contribution in [0.15, 0.2) is 18.2 Å². The third-order valence-corrected chi connectivity index (χ3v) is 2.70. The average Bonchev–Trinajstić information content (AvgIpc) is 2.27. The summed E-state index contributed by atoms with van der Waals surface area (Å²) in [5.41, 5.74) is 7.32. The SMILES string of the molecule is Cc1cc(CCCN)c2cc(F)cc(F)c2n1. The summed E-state index contributed by atoms with van der Waals surface area (Å²) in [5.74, 6) is -1.19. The normalized spacial score (nSPS) is 11.1. The van der Waals surface area contributed by atoms with Gasteiger partial charge in [0.15, 0.2) is 5.82 Å². The van der Waals surface area contributed by atoms with Crippen LogP contribution in [-0.2, 0) is 6.42 Å². The fourth-order valence-corrected chi connectivity index (χ4v) is 1.96. The summed E-state index contributed by atoms with van der Waals surface area (Å²) in [6, 6.07) is 4.05. The molecule has 1 heterocycles. The molecule has 2 aromatic rings. The van der Waals surface area contributed by atoms with Crippen molar-refractivity contribution in [2.75, 3.05) is 6.54 Å². The number of hydrogen-bond acceptors (Lipinski definition) is 2. The highest BCUT2D eigenvalue weighted by molar-refractivity contribution is 5.83. The van der Waals surface area contributed by atoms with Crippen LogP contribution in [0.2, 0.25) is 0 Å². The van der Waals surface area contributed by atoms with E-state index in [0.29, 0.717) is 18.4 Å². The molecule has 0 amide bonds. The minimum Gasteiger partial charge on any atom is -0.330 e. The fraction of sp³-hybridized carbons (Fsp3) is 0.308.